The van der Waals surface area contributed by atoms with Gasteiger partial charge in [-0.2, -0.15) is 0 Å². The molecule has 2 aromatic rings. The Bertz CT molecular complexity index is 741. The first kappa shape index (κ1) is 17.3. The summed E-state index contributed by atoms with van der Waals surface area (Å²) < 4.78 is 5.57. The summed E-state index contributed by atoms with van der Waals surface area (Å²) in [7, 11) is 0. The van der Waals surface area contributed by atoms with Crippen molar-refractivity contribution in [3.63, 3.8) is 0 Å². The maximum Gasteiger partial charge on any atom is 0.226 e. The van der Waals surface area contributed by atoms with Gasteiger partial charge in [0.1, 0.15) is 6.26 Å². The molecule has 138 valence electrons. The van der Waals surface area contributed by atoms with Crippen molar-refractivity contribution in [3.8, 4) is 11.5 Å². The number of carbonyl (C=O) groups excluding carboxylic acids is 1. The number of amides is 1. The Balaban J connectivity index is 1.22. The third-order valence-electron chi connectivity index (χ3n) is 5.60. The Morgan fingerprint density at radius 1 is 1.23 bits per heavy atom. The third kappa shape index (κ3) is 4.15. The number of nitrogens with zero attached hydrogens (tertiary/aromatic N) is 1. The summed E-state index contributed by atoms with van der Waals surface area (Å²) in [6.45, 7) is 2.67. The Hall–Kier alpha value is -2.14. The number of carbonyl (C=O) groups is 1. The Morgan fingerprint density at radius 2 is 1.96 bits per heavy atom. The number of aromatic nitrogens is 1. The molecule has 1 amide bonds. The van der Waals surface area contributed by atoms with Gasteiger partial charge in [0.25, 0.3) is 0 Å². The second-order valence-electron chi connectivity index (χ2n) is 7.79. The van der Waals surface area contributed by atoms with Crippen molar-refractivity contribution >= 4 is 5.91 Å². The van der Waals surface area contributed by atoms with Gasteiger partial charge in [-0.15, -0.1) is 0 Å². The summed E-state index contributed by atoms with van der Waals surface area (Å²) in [5.41, 5.74) is 3.07. The number of oxazole rings is 1. The van der Waals surface area contributed by atoms with E-state index in [-0.39, 0.29) is 5.91 Å². The predicted octanol–water partition coefficient (Wildman–Crippen LogP) is 3.23. The van der Waals surface area contributed by atoms with Crippen LogP contribution in [0.2, 0.25) is 0 Å². The SMILES string of the molecule is Cc1ccc(-c2nc(CCNC(=O)CC3CC4CCC(C3)N4)co2)cc1. The molecule has 2 atom stereocenters. The molecule has 2 fully saturated rings. The van der Waals surface area contributed by atoms with E-state index in [0.29, 0.717) is 43.3 Å². The van der Waals surface area contributed by atoms with Crippen LogP contribution < -0.4 is 10.6 Å². The molecule has 26 heavy (non-hydrogen) atoms. The number of aryl methyl sites for hydroxylation is 1. The lowest BCUT2D eigenvalue weighted by atomic mass is 9.89. The molecule has 0 aliphatic carbocycles. The monoisotopic (exact) mass is 353 g/mol. The van der Waals surface area contributed by atoms with Gasteiger partial charge in [-0.3, -0.25) is 4.79 Å². The minimum absolute atomic E-state index is 0.165. The van der Waals surface area contributed by atoms with Crippen LogP contribution >= 0.6 is 0 Å². The highest BCUT2D eigenvalue weighted by molar-refractivity contribution is 5.76. The molecule has 0 saturated carbocycles. The molecular formula is C21H27N3O2. The van der Waals surface area contributed by atoms with Gasteiger partial charge in [0.05, 0.1) is 5.69 Å². The quantitative estimate of drug-likeness (QED) is 0.837. The normalized spacial score (nSPS) is 24.6. The second-order valence-corrected chi connectivity index (χ2v) is 7.79. The van der Waals surface area contributed by atoms with Crippen LogP contribution in [0.4, 0.5) is 0 Å². The molecule has 2 aliphatic rings. The number of nitrogens with one attached hydrogen (secondary N) is 2. The van der Waals surface area contributed by atoms with Crippen molar-refractivity contribution in [2.45, 2.75) is 57.5 Å². The molecule has 2 saturated heterocycles. The van der Waals surface area contributed by atoms with Crippen LogP contribution in [0.5, 0.6) is 0 Å². The van der Waals surface area contributed by atoms with Crippen LogP contribution in [0, 0.1) is 12.8 Å². The van der Waals surface area contributed by atoms with Crippen molar-refractivity contribution in [1.29, 1.82) is 0 Å². The van der Waals surface area contributed by atoms with Gasteiger partial charge in [-0.05, 0) is 50.7 Å². The molecule has 2 aliphatic heterocycles. The smallest absolute Gasteiger partial charge is 0.226 e. The van der Waals surface area contributed by atoms with Crippen molar-refractivity contribution < 1.29 is 9.21 Å². The number of hydrogen-bond acceptors (Lipinski definition) is 4. The molecule has 5 heteroatoms. The molecule has 4 rings (SSSR count). The van der Waals surface area contributed by atoms with E-state index in [1.54, 1.807) is 6.26 Å². The highest BCUT2D eigenvalue weighted by Gasteiger charge is 2.34. The van der Waals surface area contributed by atoms with E-state index >= 15 is 0 Å². The topological polar surface area (TPSA) is 67.2 Å². The van der Waals surface area contributed by atoms with Crippen LogP contribution in [-0.4, -0.2) is 29.5 Å². The molecule has 2 unspecified atom stereocenters. The number of fused-ring (bicyclic) bond motifs is 2. The van der Waals surface area contributed by atoms with E-state index in [1.165, 1.54) is 18.4 Å². The van der Waals surface area contributed by atoms with E-state index in [9.17, 15) is 4.79 Å². The summed E-state index contributed by atoms with van der Waals surface area (Å²) in [5.74, 6) is 1.34. The van der Waals surface area contributed by atoms with E-state index in [2.05, 4.69) is 22.5 Å². The number of piperidine rings is 1. The fourth-order valence-corrected chi connectivity index (χ4v) is 4.26. The fourth-order valence-electron chi connectivity index (χ4n) is 4.26. The first-order valence-electron chi connectivity index (χ1n) is 9.70. The third-order valence-corrected chi connectivity index (χ3v) is 5.60. The Morgan fingerprint density at radius 3 is 2.69 bits per heavy atom. The highest BCUT2D eigenvalue weighted by atomic mass is 16.3. The predicted molar refractivity (Wildman–Crippen MR) is 101 cm³/mol. The molecule has 1 aromatic carbocycles. The van der Waals surface area contributed by atoms with Crippen LogP contribution in [0.3, 0.4) is 0 Å². The van der Waals surface area contributed by atoms with Crippen LogP contribution in [-0.2, 0) is 11.2 Å². The Kier molecular flexibility index (Phi) is 5.07. The van der Waals surface area contributed by atoms with Crippen LogP contribution in [0.1, 0.15) is 43.4 Å². The summed E-state index contributed by atoms with van der Waals surface area (Å²) in [6.07, 6.45) is 7.88. The van der Waals surface area contributed by atoms with E-state index in [4.69, 9.17) is 4.42 Å². The second kappa shape index (κ2) is 7.62. The van der Waals surface area contributed by atoms with Crippen LogP contribution in [0.15, 0.2) is 34.9 Å². The Labute approximate surface area is 154 Å². The van der Waals surface area contributed by atoms with E-state index in [1.807, 2.05) is 24.3 Å². The zero-order valence-corrected chi connectivity index (χ0v) is 15.3. The lowest BCUT2D eigenvalue weighted by Gasteiger charge is -2.28. The van der Waals surface area contributed by atoms with Crippen molar-refractivity contribution in [3.05, 3.63) is 41.8 Å². The maximum absolute atomic E-state index is 12.2. The average molecular weight is 353 g/mol. The van der Waals surface area contributed by atoms with Gasteiger partial charge in [0.2, 0.25) is 11.8 Å². The molecule has 0 spiro atoms. The summed E-state index contributed by atoms with van der Waals surface area (Å²) in [4.78, 5) is 16.7. The molecule has 2 bridgehead atoms. The average Bonchev–Trinajstić information content (AvgIpc) is 3.22. The summed E-state index contributed by atoms with van der Waals surface area (Å²) in [5, 5.41) is 6.67. The van der Waals surface area contributed by atoms with Gasteiger partial charge in [0, 0.05) is 37.0 Å². The van der Waals surface area contributed by atoms with Crippen molar-refractivity contribution in [2.24, 2.45) is 5.92 Å². The minimum atomic E-state index is 0.165. The zero-order chi connectivity index (χ0) is 17.9. The first-order chi connectivity index (χ1) is 12.7. The van der Waals surface area contributed by atoms with Crippen molar-refractivity contribution in [2.75, 3.05) is 6.54 Å². The molecule has 2 N–H and O–H groups in total. The molecule has 0 radical (unpaired) electrons. The van der Waals surface area contributed by atoms with Crippen LogP contribution in [0.25, 0.3) is 11.5 Å². The first-order valence-corrected chi connectivity index (χ1v) is 9.70. The number of rotatable bonds is 6. The lowest BCUT2D eigenvalue weighted by molar-refractivity contribution is -0.122. The molecule has 1 aromatic heterocycles. The van der Waals surface area contributed by atoms with E-state index < -0.39 is 0 Å². The maximum atomic E-state index is 12.2. The lowest BCUT2D eigenvalue weighted by Crippen LogP contribution is -2.39. The van der Waals surface area contributed by atoms with Gasteiger partial charge in [0.15, 0.2) is 0 Å². The van der Waals surface area contributed by atoms with Gasteiger partial charge in [-0.1, -0.05) is 17.7 Å². The number of benzene rings is 1. The summed E-state index contributed by atoms with van der Waals surface area (Å²) >= 11 is 0. The molecule has 3 heterocycles. The van der Waals surface area contributed by atoms with Crippen molar-refractivity contribution in [1.82, 2.24) is 15.6 Å². The highest BCUT2D eigenvalue weighted by Crippen LogP contribution is 2.32. The summed E-state index contributed by atoms with van der Waals surface area (Å²) in [6, 6.07) is 9.40. The molecule has 5 nitrogen and oxygen atoms in total. The fraction of sp³-hybridized carbons (Fsp3) is 0.524. The van der Waals surface area contributed by atoms with Gasteiger partial charge < -0.3 is 15.1 Å². The minimum Gasteiger partial charge on any atom is -0.444 e. The largest absolute Gasteiger partial charge is 0.444 e. The van der Waals surface area contributed by atoms with Gasteiger partial charge >= 0.3 is 0 Å². The molecular weight excluding hydrogens is 326 g/mol. The standard InChI is InChI=1S/C21H27N3O2/c1-14-2-4-16(5-3-14)21-24-19(13-26-21)8-9-22-20(25)12-15-10-17-6-7-18(11-15)23-17/h2-5,13,15,17-18,23H,6-12H2,1H3,(H,22,25). The van der Waals surface area contributed by atoms with Gasteiger partial charge in [-0.25, -0.2) is 4.98 Å². The zero-order valence-electron chi connectivity index (χ0n) is 15.3. The number of hydrogen-bond donors (Lipinski definition) is 2. The van der Waals surface area contributed by atoms with E-state index in [0.717, 1.165) is 24.1 Å².